The number of hydrogen-bond donors (Lipinski definition) is 2. The van der Waals surface area contributed by atoms with Crippen LogP contribution in [0.4, 0.5) is 5.69 Å². The van der Waals surface area contributed by atoms with Gasteiger partial charge in [-0.2, -0.15) is 0 Å². The van der Waals surface area contributed by atoms with E-state index >= 15 is 0 Å². The zero-order chi connectivity index (χ0) is 13.7. The fourth-order valence-corrected chi connectivity index (χ4v) is 1.78. The van der Waals surface area contributed by atoms with E-state index in [0.29, 0.717) is 18.7 Å². The molecule has 98 valence electrons. The summed E-state index contributed by atoms with van der Waals surface area (Å²) in [5.74, 6) is 0.000911. The van der Waals surface area contributed by atoms with Gasteiger partial charge in [-0.25, -0.2) is 0 Å². The Labute approximate surface area is 112 Å². The van der Waals surface area contributed by atoms with E-state index in [-0.39, 0.29) is 5.91 Å². The van der Waals surface area contributed by atoms with Crippen LogP contribution in [-0.4, -0.2) is 10.9 Å². The first kappa shape index (κ1) is 13.1. The molecule has 2 rings (SSSR count). The van der Waals surface area contributed by atoms with Gasteiger partial charge in [0.1, 0.15) is 0 Å². The number of carbonyl (C=O) groups is 1. The summed E-state index contributed by atoms with van der Waals surface area (Å²) < 4.78 is 0. The van der Waals surface area contributed by atoms with Crippen LogP contribution in [0, 0.1) is 6.92 Å². The van der Waals surface area contributed by atoms with Crippen molar-refractivity contribution in [3.05, 3.63) is 59.4 Å². The number of nitrogens with two attached hydrogens (primary N) is 1. The number of hydrogen-bond acceptors (Lipinski definition) is 3. The monoisotopic (exact) mass is 255 g/mol. The molecule has 0 fully saturated rings. The van der Waals surface area contributed by atoms with Gasteiger partial charge in [0.2, 0.25) is 5.91 Å². The third-order valence-corrected chi connectivity index (χ3v) is 2.96. The number of anilines is 1. The lowest BCUT2D eigenvalue weighted by molar-refractivity contribution is -0.120. The number of nitrogen functional groups attached to an aromatic ring is 1. The molecule has 0 unspecified atom stereocenters. The Morgan fingerprint density at radius 1 is 1.26 bits per heavy atom. The van der Waals surface area contributed by atoms with Gasteiger partial charge in [0.25, 0.3) is 0 Å². The molecule has 2 aromatic rings. The maximum Gasteiger partial charge on any atom is 0.224 e. The normalized spacial score (nSPS) is 10.2. The molecule has 1 heterocycles. The largest absolute Gasteiger partial charge is 0.399 e. The van der Waals surface area contributed by atoms with Gasteiger partial charge in [-0.3, -0.25) is 9.78 Å². The molecule has 0 atom stereocenters. The van der Waals surface area contributed by atoms with Gasteiger partial charge in [-0.1, -0.05) is 12.1 Å². The van der Waals surface area contributed by atoms with Crippen molar-refractivity contribution in [1.29, 1.82) is 0 Å². The lowest BCUT2D eigenvalue weighted by Crippen LogP contribution is -2.24. The lowest BCUT2D eigenvalue weighted by atomic mass is 10.1. The van der Waals surface area contributed by atoms with E-state index in [2.05, 4.69) is 10.3 Å². The fraction of sp³-hybridized carbons (Fsp3) is 0.200. The fourth-order valence-electron chi connectivity index (χ4n) is 1.78. The van der Waals surface area contributed by atoms with Gasteiger partial charge in [0, 0.05) is 24.6 Å². The summed E-state index contributed by atoms with van der Waals surface area (Å²) >= 11 is 0. The summed E-state index contributed by atoms with van der Waals surface area (Å²) in [5, 5.41) is 2.90. The Balaban J connectivity index is 1.88. The first-order valence-corrected chi connectivity index (χ1v) is 6.16. The minimum Gasteiger partial charge on any atom is -0.399 e. The van der Waals surface area contributed by atoms with Crippen LogP contribution in [0.2, 0.25) is 0 Å². The molecule has 0 radical (unpaired) electrons. The van der Waals surface area contributed by atoms with E-state index in [1.165, 1.54) is 0 Å². The SMILES string of the molecule is Cc1cnccc1CNC(=O)Cc1ccc(N)cc1. The summed E-state index contributed by atoms with van der Waals surface area (Å²) in [6.45, 7) is 2.51. The van der Waals surface area contributed by atoms with Crippen molar-refractivity contribution in [2.24, 2.45) is 0 Å². The van der Waals surface area contributed by atoms with Crippen LogP contribution in [0.3, 0.4) is 0 Å². The van der Waals surface area contributed by atoms with Crippen molar-refractivity contribution in [3.8, 4) is 0 Å². The van der Waals surface area contributed by atoms with Crippen molar-refractivity contribution in [3.63, 3.8) is 0 Å². The molecule has 0 bridgehead atoms. The van der Waals surface area contributed by atoms with Crippen molar-refractivity contribution in [2.45, 2.75) is 19.9 Å². The molecule has 0 aliphatic carbocycles. The molecule has 0 spiro atoms. The number of pyridine rings is 1. The summed E-state index contributed by atoms with van der Waals surface area (Å²) in [7, 11) is 0. The zero-order valence-electron chi connectivity index (χ0n) is 10.9. The van der Waals surface area contributed by atoms with Crippen molar-refractivity contribution in [1.82, 2.24) is 10.3 Å². The second-order valence-corrected chi connectivity index (χ2v) is 4.50. The smallest absolute Gasteiger partial charge is 0.224 e. The maximum absolute atomic E-state index is 11.8. The highest BCUT2D eigenvalue weighted by atomic mass is 16.1. The summed E-state index contributed by atoms with van der Waals surface area (Å²) in [4.78, 5) is 15.8. The predicted octanol–water partition coefficient (Wildman–Crippen LogP) is 1.83. The van der Waals surface area contributed by atoms with E-state index in [1.807, 2.05) is 25.1 Å². The molecule has 0 saturated carbocycles. The minimum absolute atomic E-state index is 0.000911. The van der Waals surface area contributed by atoms with E-state index in [9.17, 15) is 4.79 Å². The second kappa shape index (κ2) is 6.00. The van der Waals surface area contributed by atoms with Crippen LogP contribution in [0.15, 0.2) is 42.7 Å². The number of aromatic nitrogens is 1. The second-order valence-electron chi connectivity index (χ2n) is 4.50. The molecule has 19 heavy (non-hydrogen) atoms. The molecular formula is C15H17N3O. The highest BCUT2D eigenvalue weighted by molar-refractivity contribution is 5.78. The van der Waals surface area contributed by atoms with Crippen LogP contribution in [0.25, 0.3) is 0 Å². The van der Waals surface area contributed by atoms with Crippen LogP contribution in [0.5, 0.6) is 0 Å². The van der Waals surface area contributed by atoms with Crippen LogP contribution in [-0.2, 0) is 17.8 Å². The predicted molar refractivity (Wildman–Crippen MR) is 75.4 cm³/mol. The van der Waals surface area contributed by atoms with E-state index in [4.69, 9.17) is 5.73 Å². The average Bonchev–Trinajstić information content (AvgIpc) is 2.40. The van der Waals surface area contributed by atoms with Gasteiger partial charge in [-0.15, -0.1) is 0 Å². The Morgan fingerprint density at radius 2 is 2.00 bits per heavy atom. The first-order chi connectivity index (χ1) is 9.15. The molecule has 4 nitrogen and oxygen atoms in total. The molecule has 0 aliphatic rings. The Morgan fingerprint density at radius 3 is 2.68 bits per heavy atom. The minimum atomic E-state index is 0.000911. The molecule has 0 aliphatic heterocycles. The van der Waals surface area contributed by atoms with E-state index in [1.54, 1.807) is 24.5 Å². The van der Waals surface area contributed by atoms with Gasteiger partial charge in [-0.05, 0) is 41.8 Å². The number of rotatable bonds is 4. The number of nitrogens with one attached hydrogen (secondary N) is 1. The van der Waals surface area contributed by atoms with Crippen LogP contribution < -0.4 is 11.1 Å². The topological polar surface area (TPSA) is 68.0 Å². The number of benzene rings is 1. The van der Waals surface area contributed by atoms with Crippen LogP contribution >= 0.6 is 0 Å². The van der Waals surface area contributed by atoms with Crippen molar-refractivity contribution >= 4 is 11.6 Å². The van der Waals surface area contributed by atoms with E-state index < -0.39 is 0 Å². The highest BCUT2D eigenvalue weighted by Gasteiger charge is 2.04. The lowest BCUT2D eigenvalue weighted by Gasteiger charge is -2.07. The Hall–Kier alpha value is -2.36. The molecule has 1 aromatic heterocycles. The summed E-state index contributed by atoms with van der Waals surface area (Å²) in [5.41, 5.74) is 9.43. The third kappa shape index (κ3) is 3.81. The van der Waals surface area contributed by atoms with Gasteiger partial charge >= 0.3 is 0 Å². The van der Waals surface area contributed by atoms with Gasteiger partial charge < -0.3 is 11.1 Å². The van der Waals surface area contributed by atoms with E-state index in [0.717, 1.165) is 16.7 Å². The van der Waals surface area contributed by atoms with Gasteiger partial charge in [0.15, 0.2) is 0 Å². The standard InChI is InChI=1S/C15H17N3O/c1-11-9-17-7-6-13(11)10-18-15(19)8-12-2-4-14(16)5-3-12/h2-7,9H,8,10,16H2,1H3,(H,18,19). The molecule has 3 N–H and O–H groups in total. The van der Waals surface area contributed by atoms with Crippen molar-refractivity contribution < 1.29 is 4.79 Å². The molecular weight excluding hydrogens is 238 g/mol. The molecule has 1 amide bonds. The molecule has 1 aromatic carbocycles. The third-order valence-electron chi connectivity index (χ3n) is 2.96. The highest BCUT2D eigenvalue weighted by Crippen LogP contribution is 2.07. The molecule has 4 heteroatoms. The number of carbonyl (C=O) groups excluding carboxylic acids is 1. The van der Waals surface area contributed by atoms with Crippen molar-refractivity contribution in [2.75, 3.05) is 5.73 Å². The quantitative estimate of drug-likeness (QED) is 0.819. The zero-order valence-corrected chi connectivity index (χ0v) is 10.9. The first-order valence-electron chi connectivity index (χ1n) is 6.16. The summed E-state index contributed by atoms with van der Waals surface area (Å²) in [6, 6.07) is 9.25. The molecule has 0 saturated heterocycles. The number of amides is 1. The van der Waals surface area contributed by atoms with Crippen LogP contribution in [0.1, 0.15) is 16.7 Å². The Bertz CT molecular complexity index is 564. The maximum atomic E-state index is 11.8. The Kier molecular flexibility index (Phi) is 4.13. The average molecular weight is 255 g/mol. The number of aryl methyl sites for hydroxylation is 1. The number of nitrogens with zero attached hydrogens (tertiary/aromatic N) is 1. The van der Waals surface area contributed by atoms with Gasteiger partial charge in [0.05, 0.1) is 6.42 Å². The summed E-state index contributed by atoms with van der Waals surface area (Å²) in [6.07, 6.45) is 3.89.